The molecule has 3 nitrogen and oxygen atoms in total. The smallest absolute Gasteiger partial charge is 0.115 e. The minimum absolute atomic E-state index is 0.373. The lowest BCUT2D eigenvalue weighted by Gasteiger charge is -2.27. The van der Waals surface area contributed by atoms with Crippen molar-refractivity contribution in [3.8, 4) is 5.75 Å². The zero-order chi connectivity index (χ0) is 15.0. The molecule has 4 atom stereocenters. The van der Waals surface area contributed by atoms with Gasteiger partial charge in [0.05, 0.1) is 0 Å². The van der Waals surface area contributed by atoms with Crippen LogP contribution in [0.15, 0.2) is 24.3 Å². The van der Waals surface area contributed by atoms with E-state index in [0.717, 1.165) is 24.4 Å². The van der Waals surface area contributed by atoms with Crippen LogP contribution in [-0.4, -0.2) is 48.1 Å². The van der Waals surface area contributed by atoms with Crippen molar-refractivity contribution in [3.63, 3.8) is 0 Å². The Hall–Kier alpha value is -1.06. The summed E-state index contributed by atoms with van der Waals surface area (Å²) in [5.74, 6) is 2.22. The van der Waals surface area contributed by atoms with E-state index in [4.69, 9.17) is 0 Å². The first kappa shape index (κ1) is 14.9. The van der Waals surface area contributed by atoms with Gasteiger partial charge in [-0.25, -0.2) is 0 Å². The van der Waals surface area contributed by atoms with Crippen LogP contribution in [0, 0.1) is 11.8 Å². The Morgan fingerprint density at radius 1 is 1.00 bits per heavy atom. The third kappa shape index (κ3) is 3.24. The van der Waals surface area contributed by atoms with E-state index in [0.29, 0.717) is 11.8 Å². The Labute approximate surface area is 128 Å². The molecule has 0 heterocycles. The minimum Gasteiger partial charge on any atom is -0.508 e. The predicted molar refractivity (Wildman–Crippen MR) is 86.3 cm³/mol. The van der Waals surface area contributed by atoms with Crippen LogP contribution in [0.5, 0.6) is 5.75 Å². The molecule has 2 unspecified atom stereocenters. The second kappa shape index (κ2) is 5.98. The standard InChI is InChI=1S/C18H28N2O/c1-19(2)16-8-14-10-17(11-15(14)9-16)20(3)12-13-5-4-6-18(21)7-13/h4-7,14-17,21H,8-12H2,1-3H3/t14-,15+,16?,17?. The van der Waals surface area contributed by atoms with E-state index < -0.39 is 0 Å². The monoisotopic (exact) mass is 288 g/mol. The number of rotatable bonds is 4. The molecule has 2 aliphatic carbocycles. The molecule has 1 N–H and O–H groups in total. The van der Waals surface area contributed by atoms with Crippen LogP contribution >= 0.6 is 0 Å². The summed E-state index contributed by atoms with van der Waals surface area (Å²) >= 11 is 0. The first-order valence-electron chi connectivity index (χ1n) is 8.17. The van der Waals surface area contributed by atoms with Crippen molar-refractivity contribution < 1.29 is 5.11 Å². The Morgan fingerprint density at radius 2 is 1.62 bits per heavy atom. The van der Waals surface area contributed by atoms with Crippen LogP contribution < -0.4 is 0 Å². The fraction of sp³-hybridized carbons (Fsp3) is 0.667. The number of nitrogens with zero attached hydrogens (tertiary/aromatic N) is 2. The van der Waals surface area contributed by atoms with Crippen molar-refractivity contribution in [2.24, 2.45) is 11.8 Å². The number of benzene rings is 1. The highest BCUT2D eigenvalue weighted by Crippen LogP contribution is 2.46. The SMILES string of the molecule is CN(C)C1C[C@@H]2CC(N(C)Cc3cccc(O)c3)C[C@@H]2C1. The maximum absolute atomic E-state index is 9.58. The summed E-state index contributed by atoms with van der Waals surface area (Å²) in [7, 11) is 6.67. The van der Waals surface area contributed by atoms with Crippen molar-refractivity contribution in [1.29, 1.82) is 0 Å². The second-order valence-electron chi connectivity index (χ2n) is 7.32. The van der Waals surface area contributed by atoms with Gasteiger partial charge >= 0.3 is 0 Å². The first-order valence-corrected chi connectivity index (χ1v) is 8.17. The zero-order valence-electron chi connectivity index (χ0n) is 13.5. The topological polar surface area (TPSA) is 26.7 Å². The lowest BCUT2D eigenvalue weighted by molar-refractivity contribution is 0.212. The largest absolute Gasteiger partial charge is 0.508 e. The average molecular weight is 288 g/mol. The maximum Gasteiger partial charge on any atom is 0.115 e. The van der Waals surface area contributed by atoms with E-state index in [9.17, 15) is 5.11 Å². The van der Waals surface area contributed by atoms with E-state index >= 15 is 0 Å². The van der Waals surface area contributed by atoms with Gasteiger partial charge in [0.1, 0.15) is 5.75 Å². The quantitative estimate of drug-likeness (QED) is 0.923. The molecular formula is C18H28N2O. The molecule has 0 saturated heterocycles. The highest BCUT2D eigenvalue weighted by Gasteiger charge is 2.43. The normalized spacial score (nSPS) is 32.0. The lowest BCUT2D eigenvalue weighted by atomic mass is 10.0. The van der Waals surface area contributed by atoms with Gasteiger partial charge in [0.25, 0.3) is 0 Å². The Balaban J connectivity index is 1.55. The van der Waals surface area contributed by atoms with Gasteiger partial charge in [-0.05, 0) is 76.4 Å². The Morgan fingerprint density at radius 3 is 2.19 bits per heavy atom. The van der Waals surface area contributed by atoms with Crippen molar-refractivity contribution in [3.05, 3.63) is 29.8 Å². The van der Waals surface area contributed by atoms with Crippen molar-refractivity contribution >= 4 is 0 Å². The molecular weight excluding hydrogens is 260 g/mol. The molecule has 1 aromatic carbocycles. The summed E-state index contributed by atoms with van der Waals surface area (Å²) in [5.41, 5.74) is 1.21. The molecule has 0 amide bonds. The van der Waals surface area contributed by atoms with Gasteiger partial charge in [0.15, 0.2) is 0 Å². The third-order valence-corrected chi connectivity index (χ3v) is 5.66. The molecule has 3 rings (SSSR count). The van der Waals surface area contributed by atoms with Gasteiger partial charge in [-0.15, -0.1) is 0 Å². The minimum atomic E-state index is 0.373. The number of aromatic hydroxyl groups is 1. The highest BCUT2D eigenvalue weighted by molar-refractivity contribution is 5.27. The molecule has 0 bridgehead atoms. The number of phenolic OH excluding ortho intramolecular Hbond substituents is 1. The van der Waals surface area contributed by atoms with Gasteiger partial charge in [0, 0.05) is 18.6 Å². The molecule has 21 heavy (non-hydrogen) atoms. The van der Waals surface area contributed by atoms with Gasteiger partial charge in [0.2, 0.25) is 0 Å². The summed E-state index contributed by atoms with van der Waals surface area (Å²) in [4.78, 5) is 4.89. The van der Waals surface area contributed by atoms with Crippen molar-refractivity contribution in [1.82, 2.24) is 9.80 Å². The zero-order valence-corrected chi connectivity index (χ0v) is 13.5. The molecule has 2 saturated carbocycles. The van der Waals surface area contributed by atoms with Crippen molar-refractivity contribution in [2.45, 2.75) is 44.3 Å². The molecule has 2 aliphatic rings. The third-order valence-electron chi connectivity index (χ3n) is 5.66. The number of fused-ring (bicyclic) bond motifs is 1. The van der Waals surface area contributed by atoms with Crippen LogP contribution in [0.2, 0.25) is 0 Å². The van der Waals surface area contributed by atoms with E-state index in [1.807, 2.05) is 12.1 Å². The van der Waals surface area contributed by atoms with E-state index in [1.54, 1.807) is 6.07 Å². The van der Waals surface area contributed by atoms with Gasteiger partial charge in [-0.3, -0.25) is 4.90 Å². The summed E-state index contributed by atoms with van der Waals surface area (Å²) in [6.45, 7) is 0.940. The van der Waals surface area contributed by atoms with Crippen LogP contribution in [0.25, 0.3) is 0 Å². The summed E-state index contributed by atoms with van der Waals surface area (Å²) in [5, 5.41) is 9.58. The molecule has 0 aliphatic heterocycles. The highest BCUT2D eigenvalue weighted by atomic mass is 16.3. The predicted octanol–water partition coefficient (Wildman–Crippen LogP) is 2.94. The van der Waals surface area contributed by atoms with Crippen LogP contribution in [0.1, 0.15) is 31.2 Å². The van der Waals surface area contributed by atoms with E-state index in [2.05, 4.69) is 37.0 Å². The molecule has 116 valence electrons. The lowest BCUT2D eigenvalue weighted by Crippen LogP contribution is -2.31. The Kier molecular flexibility index (Phi) is 4.23. The molecule has 0 spiro atoms. The fourth-order valence-corrected chi connectivity index (χ4v) is 4.41. The average Bonchev–Trinajstić information content (AvgIpc) is 2.96. The van der Waals surface area contributed by atoms with Gasteiger partial charge in [-0.2, -0.15) is 0 Å². The molecule has 2 fully saturated rings. The number of hydrogen-bond acceptors (Lipinski definition) is 3. The molecule has 0 aromatic heterocycles. The van der Waals surface area contributed by atoms with Crippen LogP contribution in [0.3, 0.4) is 0 Å². The fourth-order valence-electron chi connectivity index (χ4n) is 4.41. The van der Waals surface area contributed by atoms with Crippen LogP contribution in [-0.2, 0) is 6.54 Å². The molecule has 1 aromatic rings. The summed E-state index contributed by atoms with van der Waals surface area (Å²) in [6.07, 6.45) is 5.47. The molecule has 3 heteroatoms. The van der Waals surface area contributed by atoms with Gasteiger partial charge < -0.3 is 10.0 Å². The van der Waals surface area contributed by atoms with Crippen LogP contribution in [0.4, 0.5) is 0 Å². The van der Waals surface area contributed by atoms with Crippen molar-refractivity contribution in [2.75, 3.05) is 21.1 Å². The first-order chi connectivity index (χ1) is 10.0. The number of hydrogen-bond donors (Lipinski definition) is 1. The van der Waals surface area contributed by atoms with E-state index in [1.165, 1.54) is 31.2 Å². The van der Waals surface area contributed by atoms with Gasteiger partial charge in [-0.1, -0.05) is 12.1 Å². The molecule has 0 radical (unpaired) electrons. The number of phenols is 1. The Bertz CT molecular complexity index is 474. The maximum atomic E-state index is 9.58. The summed E-state index contributed by atoms with van der Waals surface area (Å²) in [6, 6.07) is 9.18. The van der Waals surface area contributed by atoms with E-state index in [-0.39, 0.29) is 0 Å². The summed E-state index contributed by atoms with van der Waals surface area (Å²) < 4.78 is 0. The second-order valence-corrected chi connectivity index (χ2v) is 7.32.